The maximum absolute atomic E-state index is 10.7. The molecule has 0 amide bonds. The Morgan fingerprint density at radius 1 is 1.00 bits per heavy atom. The van der Waals surface area contributed by atoms with Crippen LogP contribution in [0, 0.1) is 0 Å². The van der Waals surface area contributed by atoms with Crippen LogP contribution in [-0.2, 0) is 13.6 Å². The summed E-state index contributed by atoms with van der Waals surface area (Å²) in [6.45, 7) is 13.3. The number of phosphoric ester groups is 1. The third-order valence-electron chi connectivity index (χ3n) is 0.907. The zero-order chi connectivity index (χ0) is 13.2. The summed E-state index contributed by atoms with van der Waals surface area (Å²) < 4.78 is 19.6. The van der Waals surface area contributed by atoms with E-state index in [1.54, 1.807) is 0 Å². The zero-order valence-corrected chi connectivity index (χ0v) is 13.1. The Morgan fingerprint density at radius 3 is 1.44 bits per heavy atom. The molecule has 0 radical (unpaired) electrons. The van der Waals surface area contributed by atoms with Gasteiger partial charge in [0, 0.05) is 33.9 Å². The fourth-order valence-electron chi connectivity index (χ4n) is 0.443. The largest absolute Gasteiger partial charge is 0.756 e. The van der Waals surface area contributed by atoms with E-state index in [9.17, 15) is 9.46 Å². The molecule has 0 heterocycles. The lowest BCUT2D eigenvalue weighted by atomic mass is 10.5. The Bertz CT molecular complexity index is 183. The molecule has 0 aliphatic heterocycles. The number of rotatable bonds is 6. The maximum atomic E-state index is 10.7. The summed E-state index contributed by atoms with van der Waals surface area (Å²) in [4.78, 5) is 10.7. The van der Waals surface area contributed by atoms with Crippen molar-refractivity contribution in [1.29, 1.82) is 0 Å². The van der Waals surface area contributed by atoms with Crippen molar-refractivity contribution < 1.29 is 18.5 Å². The molecule has 0 aromatic heterocycles. The molecule has 100 valence electrons. The predicted octanol–water partition coefficient (Wildman–Crippen LogP) is 2.83. The van der Waals surface area contributed by atoms with E-state index >= 15 is 0 Å². The first-order valence-electron chi connectivity index (χ1n) is 5.51. The third kappa shape index (κ3) is 24.0. The monoisotopic (exact) mass is 272 g/mol. The predicted molar refractivity (Wildman–Crippen MR) is 70.7 cm³/mol. The Balaban J connectivity index is 0. The molecule has 0 rings (SSSR count). The molecule has 0 saturated carbocycles. The average molecular weight is 272 g/mol. The van der Waals surface area contributed by atoms with Crippen LogP contribution in [0.5, 0.6) is 0 Å². The van der Waals surface area contributed by atoms with Gasteiger partial charge in [-0.1, -0.05) is 13.8 Å². The van der Waals surface area contributed by atoms with Crippen LogP contribution in [0.3, 0.4) is 0 Å². The van der Waals surface area contributed by atoms with Crippen LogP contribution < -0.4 is 4.89 Å². The van der Waals surface area contributed by atoms with Crippen LogP contribution in [0.15, 0.2) is 0 Å². The molecule has 4 nitrogen and oxygen atoms in total. The summed E-state index contributed by atoms with van der Waals surface area (Å²) in [5, 5.41) is 0. The van der Waals surface area contributed by atoms with E-state index in [1.807, 2.05) is 13.8 Å². The quantitative estimate of drug-likeness (QED) is 0.698. The minimum atomic E-state index is -3.98. The van der Waals surface area contributed by atoms with Gasteiger partial charge in [-0.2, -0.15) is 0 Å². The summed E-state index contributed by atoms with van der Waals surface area (Å²) in [5.74, 6) is 0. The summed E-state index contributed by atoms with van der Waals surface area (Å²) in [7, 11) is -4.36. The molecule has 0 atom stereocenters. The van der Waals surface area contributed by atoms with Gasteiger partial charge in [0.25, 0.3) is 7.82 Å². The Hall–Kier alpha value is 0.540. The summed E-state index contributed by atoms with van der Waals surface area (Å²) in [6.07, 6.45) is 1.34. The Labute approximate surface area is 101 Å². The molecule has 0 spiro atoms. The van der Waals surface area contributed by atoms with Gasteiger partial charge in [0.1, 0.15) is 0 Å². The highest BCUT2D eigenvalue weighted by Gasteiger charge is 2.06. The number of phosphoric acid groups is 1. The van der Waals surface area contributed by atoms with E-state index in [2.05, 4.69) is 35.7 Å². The minimum absolute atomic E-state index is 0.199. The van der Waals surface area contributed by atoms with Crippen LogP contribution >= 0.6 is 15.1 Å². The molecule has 0 aromatic carbocycles. The van der Waals surface area contributed by atoms with Crippen molar-refractivity contribution in [3.63, 3.8) is 0 Å². The maximum Gasteiger partial charge on any atom is 0.267 e. The topological polar surface area (TPSA) is 58.6 Å². The van der Waals surface area contributed by atoms with E-state index in [0.29, 0.717) is 12.8 Å². The van der Waals surface area contributed by atoms with Gasteiger partial charge in [-0.3, -0.25) is 4.57 Å². The molecule has 0 bridgehead atoms. The summed E-state index contributed by atoms with van der Waals surface area (Å²) >= 11 is 0. The molecule has 0 unspecified atom stereocenters. The van der Waals surface area contributed by atoms with Crippen molar-refractivity contribution in [3.8, 4) is 0 Å². The molecule has 0 N–H and O–H groups in total. The van der Waals surface area contributed by atoms with Crippen molar-refractivity contribution in [3.05, 3.63) is 0 Å². The van der Waals surface area contributed by atoms with E-state index < -0.39 is 7.82 Å². The highest BCUT2D eigenvalue weighted by molar-refractivity contribution is 7.73. The fraction of sp³-hybridized carbons (Fsp3) is 1.00. The van der Waals surface area contributed by atoms with Crippen molar-refractivity contribution in [2.75, 3.05) is 39.9 Å². The van der Waals surface area contributed by atoms with Gasteiger partial charge in [0.15, 0.2) is 0 Å². The van der Waals surface area contributed by atoms with Crippen LogP contribution in [-0.4, -0.2) is 39.9 Å². The molecule has 0 aromatic rings. The van der Waals surface area contributed by atoms with Crippen LogP contribution in [0.1, 0.15) is 26.7 Å². The molecule has 6 heteroatoms. The smallest absolute Gasteiger partial charge is 0.267 e. The normalized spacial score (nSPS) is 11.9. The highest BCUT2D eigenvalue weighted by Crippen LogP contribution is 2.40. The summed E-state index contributed by atoms with van der Waals surface area (Å²) in [6, 6.07) is 0. The molecular weight excluding hydrogens is 246 g/mol. The minimum Gasteiger partial charge on any atom is -0.756 e. The van der Waals surface area contributed by atoms with Gasteiger partial charge in [-0.15, -0.1) is 0 Å². The van der Waals surface area contributed by atoms with E-state index in [4.69, 9.17) is 0 Å². The first kappa shape index (κ1) is 18.9. The molecule has 0 saturated heterocycles. The number of hydrogen-bond donors (Lipinski definition) is 0. The second-order valence-electron chi connectivity index (χ2n) is 4.80. The second-order valence-corrected chi connectivity index (χ2v) is 11.6. The van der Waals surface area contributed by atoms with E-state index in [0.717, 1.165) is 0 Å². The van der Waals surface area contributed by atoms with Crippen LogP contribution in [0.25, 0.3) is 0 Å². The first-order valence-corrected chi connectivity index (χ1v) is 10.5. The molecular formula is C10H26O4P2. The average Bonchev–Trinajstić information content (AvgIpc) is 2.09. The Kier molecular flexibility index (Phi) is 11.3. The van der Waals surface area contributed by atoms with Crippen molar-refractivity contribution >= 4 is 15.1 Å². The van der Waals surface area contributed by atoms with Gasteiger partial charge in [0.05, 0.1) is 13.2 Å². The highest BCUT2D eigenvalue weighted by atomic mass is 31.2. The fourth-order valence-corrected chi connectivity index (χ4v) is 1.33. The summed E-state index contributed by atoms with van der Waals surface area (Å²) in [5.41, 5.74) is 0. The Morgan fingerprint density at radius 2 is 1.25 bits per heavy atom. The van der Waals surface area contributed by atoms with Crippen molar-refractivity contribution in [1.82, 2.24) is 0 Å². The zero-order valence-electron chi connectivity index (χ0n) is 11.4. The van der Waals surface area contributed by atoms with Gasteiger partial charge in [-0.05, 0) is 12.8 Å². The van der Waals surface area contributed by atoms with E-state index in [1.165, 1.54) is 0 Å². The molecule has 0 aliphatic carbocycles. The second kappa shape index (κ2) is 9.56. The van der Waals surface area contributed by atoms with Crippen LogP contribution in [0.4, 0.5) is 0 Å². The lowest BCUT2D eigenvalue weighted by molar-refractivity contribution is -0.225. The SMILES string of the molecule is CCCOP(=O)([O-])OCCC.C[P+](C)(C)C. The third-order valence-corrected chi connectivity index (χ3v) is 1.90. The van der Waals surface area contributed by atoms with Gasteiger partial charge >= 0.3 is 0 Å². The molecule has 0 fully saturated rings. The molecule has 16 heavy (non-hydrogen) atoms. The standard InChI is InChI=1S/C6H15O4P.C4H12P/c1-3-5-9-11(7,8)10-6-4-2;1-5(2,3)4/h3-6H2,1-2H3,(H,7,8);1-4H3/q;+1/p-1. The van der Waals surface area contributed by atoms with Crippen molar-refractivity contribution in [2.45, 2.75) is 26.7 Å². The number of hydrogen-bond acceptors (Lipinski definition) is 4. The van der Waals surface area contributed by atoms with Gasteiger partial charge in [-0.25, -0.2) is 0 Å². The molecule has 0 aliphatic rings. The van der Waals surface area contributed by atoms with Gasteiger partial charge in [0.2, 0.25) is 0 Å². The first-order chi connectivity index (χ1) is 7.12. The van der Waals surface area contributed by atoms with Gasteiger partial charge < -0.3 is 13.9 Å². The van der Waals surface area contributed by atoms with E-state index in [-0.39, 0.29) is 20.5 Å². The van der Waals surface area contributed by atoms with Crippen LogP contribution in [0.2, 0.25) is 0 Å². The lowest BCUT2D eigenvalue weighted by Crippen LogP contribution is -2.09. The van der Waals surface area contributed by atoms with Crippen molar-refractivity contribution in [2.24, 2.45) is 0 Å². The lowest BCUT2D eigenvalue weighted by Gasteiger charge is -2.21.